The van der Waals surface area contributed by atoms with E-state index in [9.17, 15) is 14.0 Å². The Bertz CT molecular complexity index is 1230. The zero-order valence-corrected chi connectivity index (χ0v) is 19.2. The van der Waals surface area contributed by atoms with Gasteiger partial charge in [0.15, 0.2) is 0 Å². The summed E-state index contributed by atoms with van der Waals surface area (Å²) in [5.74, 6) is -0.543. The molecular weight excluding hydrogens is 451 g/mol. The fourth-order valence-electron chi connectivity index (χ4n) is 3.26. The number of amides is 2. The number of nitrogens with one attached hydrogen (secondary N) is 2. The molecule has 35 heavy (non-hydrogen) atoms. The van der Waals surface area contributed by atoms with Gasteiger partial charge in [-0.3, -0.25) is 14.8 Å². The maximum atomic E-state index is 14.6. The van der Waals surface area contributed by atoms with Gasteiger partial charge in [0.05, 0.1) is 19.8 Å². The highest BCUT2D eigenvalue weighted by atomic mass is 19.1. The monoisotopic (exact) mass is 476 g/mol. The third kappa shape index (κ3) is 7.02. The van der Waals surface area contributed by atoms with Crippen LogP contribution in [0.5, 0.6) is 11.5 Å². The SMILES string of the molecule is COc1cc(/C=C(/C(=O)NCc2ccc(/C=C/C(=O)NO)cc2)c2ccccc2F)cc(OC)c1. The summed E-state index contributed by atoms with van der Waals surface area (Å²) in [5.41, 5.74) is 3.98. The molecule has 8 heteroatoms. The van der Waals surface area contributed by atoms with E-state index in [0.29, 0.717) is 17.1 Å². The molecule has 0 aliphatic heterocycles. The van der Waals surface area contributed by atoms with Crippen LogP contribution in [0.4, 0.5) is 4.39 Å². The molecule has 3 rings (SSSR count). The summed E-state index contributed by atoms with van der Waals surface area (Å²) in [6.45, 7) is 0.202. The standard InChI is InChI=1S/C27H25FN2O5/c1-34-21-13-20(14-22(16-21)35-2)15-24(23-5-3-4-6-25(23)28)27(32)29-17-19-9-7-18(8-10-19)11-12-26(31)30-33/h3-16,33H,17H2,1-2H3,(H,29,32)(H,30,31)/b12-11+,24-15+. The highest BCUT2D eigenvalue weighted by Crippen LogP contribution is 2.27. The Labute approximate surface area is 202 Å². The number of ether oxygens (including phenoxy) is 2. The van der Waals surface area contributed by atoms with Crippen molar-refractivity contribution in [2.75, 3.05) is 14.2 Å². The molecule has 7 nitrogen and oxygen atoms in total. The molecule has 0 aliphatic carbocycles. The lowest BCUT2D eigenvalue weighted by Gasteiger charge is -2.12. The van der Waals surface area contributed by atoms with E-state index in [0.717, 1.165) is 11.1 Å². The fourth-order valence-corrected chi connectivity index (χ4v) is 3.26. The maximum absolute atomic E-state index is 14.6. The van der Waals surface area contributed by atoms with Gasteiger partial charge in [-0.25, -0.2) is 9.87 Å². The molecule has 0 heterocycles. The third-order valence-corrected chi connectivity index (χ3v) is 5.06. The van der Waals surface area contributed by atoms with E-state index in [1.165, 1.54) is 37.9 Å². The number of hydrogen-bond donors (Lipinski definition) is 3. The smallest absolute Gasteiger partial charge is 0.267 e. The second-order valence-corrected chi connectivity index (χ2v) is 7.42. The molecule has 0 spiro atoms. The van der Waals surface area contributed by atoms with Crippen LogP contribution in [0.1, 0.15) is 22.3 Å². The summed E-state index contributed by atoms with van der Waals surface area (Å²) in [6.07, 6.45) is 4.31. The van der Waals surface area contributed by atoms with Gasteiger partial charge in [-0.05, 0) is 47.0 Å². The Morgan fingerprint density at radius 3 is 2.20 bits per heavy atom. The van der Waals surface area contributed by atoms with Gasteiger partial charge in [0.25, 0.3) is 11.8 Å². The molecule has 3 N–H and O–H groups in total. The molecule has 2 amide bonds. The molecule has 0 bridgehead atoms. The lowest BCUT2D eigenvalue weighted by atomic mass is 10.0. The third-order valence-electron chi connectivity index (χ3n) is 5.06. The number of carbonyl (C=O) groups is 2. The van der Waals surface area contributed by atoms with Gasteiger partial charge in [0.2, 0.25) is 0 Å². The molecule has 0 saturated carbocycles. The minimum absolute atomic E-state index is 0.146. The van der Waals surface area contributed by atoms with Gasteiger partial charge in [-0.15, -0.1) is 0 Å². The Morgan fingerprint density at radius 2 is 1.60 bits per heavy atom. The van der Waals surface area contributed by atoms with E-state index < -0.39 is 17.6 Å². The van der Waals surface area contributed by atoms with Gasteiger partial charge >= 0.3 is 0 Å². The Hall–Kier alpha value is -4.43. The van der Waals surface area contributed by atoms with E-state index in [1.807, 2.05) is 0 Å². The molecule has 0 fully saturated rings. The van der Waals surface area contributed by atoms with Crippen LogP contribution in [0.3, 0.4) is 0 Å². The normalized spacial score (nSPS) is 11.3. The lowest BCUT2D eigenvalue weighted by Crippen LogP contribution is -2.24. The first-order valence-corrected chi connectivity index (χ1v) is 10.6. The molecule has 0 aromatic heterocycles. The second-order valence-electron chi connectivity index (χ2n) is 7.42. The number of hydroxylamine groups is 1. The van der Waals surface area contributed by atoms with E-state index in [4.69, 9.17) is 14.7 Å². The first kappa shape index (κ1) is 25.2. The van der Waals surface area contributed by atoms with E-state index in [-0.39, 0.29) is 17.7 Å². The first-order chi connectivity index (χ1) is 16.9. The van der Waals surface area contributed by atoms with Crippen LogP contribution in [0.25, 0.3) is 17.7 Å². The van der Waals surface area contributed by atoms with E-state index in [1.54, 1.807) is 66.7 Å². The molecule has 0 radical (unpaired) electrons. The highest BCUT2D eigenvalue weighted by molar-refractivity contribution is 6.24. The van der Waals surface area contributed by atoms with E-state index in [2.05, 4.69) is 5.32 Å². The van der Waals surface area contributed by atoms with Crippen molar-refractivity contribution in [2.45, 2.75) is 6.54 Å². The quantitative estimate of drug-likeness (QED) is 0.186. The van der Waals surface area contributed by atoms with Crippen molar-refractivity contribution in [1.82, 2.24) is 10.8 Å². The summed E-state index contributed by atoms with van der Waals surface area (Å²) in [4.78, 5) is 24.3. The highest BCUT2D eigenvalue weighted by Gasteiger charge is 2.16. The number of halogens is 1. The van der Waals surface area contributed by atoms with Crippen molar-refractivity contribution in [1.29, 1.82) is 0 Å². The van der Waals surface area contributed by atoms with Crippen molar-refractivity contribution in [3.8, 4) is 11.5 Å². The minimum Gasteiger partial charge on any atom is -0.497 e. The predicted octanol–water partition coefficient (Wildman–Crippen LogP) is 4.22. The van der Waals surface area contributed by atoms with Crippen molar-refractivity contribution in [3.63, 3.8) is 0 Å². The van der Waals surface area contributed by atoms with Gasteiger partial charge < -0.3 is 14.8 Å². The summed E-state index contributed by atoms with van der Waals surface area (Å²) in [5, 5.41) is 11.4. The van der Waals surface area contributed by atoms with Crippen LogP contribution in [0.15, 0.2) is 72.8 Å². The summed E-state index contributed by atoms with van der Waals surface area (Å²) in [7, 11) is 3.05. The molecule has 0 aliphatic rings. The van der Waals surface area contributed by atoms with Crippen LogP contribution in [0, 0.1) is 5.82 Å². The van der Waals surface area contributed by atoms with Gasteiger partial charge in [-0.1, -0.05) is 42.5 Å². The molecule has 0 saturated heterocycles. The molecule has 3 aromatic rings. The number of carbonyl (C=O) groups excluding carboxylic acids is 2. The van der Waals surface area contributed by atoms with Crippen molar-refractivity contribution in [2.24, 2.45) is 0 Å². The molecule has 180 valence electrons. The minimum atomic E-state index is -0.637. The fraction of sp³-hybridized carbons (Fsp3) is 0.111. The average Bonchev–Trinajstić information content (AvgIpc) is 2.89. The van der Waals surface area contributed by atoms with Gasteiger partial charge in [0, 0.05) is 24.3 Å². The molecule has 0 atom stereocenters. The molecular formula is C27H25FN2O5. The molecule has 3 aromatic carbocycles. The van der Waals surface area contributed by atoms with Crippen molar-refractivity contribution >= 4 is 29.5 Å². The second kappa shape index (κ2) is 12.2. The predicted molar refractivity (Wildman–Crippen MR) is 131 cm³/mol. The van der Waals surface area contributed by atoms with Crippen LogP contribution < -0.4 is 20.3 Å². The summed E-state index contributed by atoms with van der Waals surface area (Å²) >= 11 is 0. The Kier molecular flexibility index (Phi) is 8.75. The summed E-state index contributed by atoms with van der Waals surface area (Å²) in [6, 6.07) is 18.3. The zero-order valence-electron chi connectivity index (χ0n) is 19.2. The van der Waals surface area contributed by atoms with Gasteiger partial charge in [0.1, 0.15) is 17.3 Å². The van der Waals surface area contributed by atoms with Crippen molar-refractivity contribution < 1.29 is 28.7 Å². The van der Waals surface area contributed by atoms with Crippen LogP contribution in [-0.2, 0) is 16.1 Å². The van der Waals surface area contributed by atoms with Crippen LogP contribution in [-0.4, -0.2) is 31.2 Å². The Balaban J connectivity index is 1.85. The number of benzene rings is 3. The zero-order chi connectivity index (χ0) is 25.2. The maximum Gasteiger partial charge on any atom is 0.267 e. The average molecular weight is 477 g/mol. The number of methoxy groups -OCH3 is 2. The largest absolute Gasteiger partial charge is 0.497 e. The number of hydrogen-bond acceptors (Lipinski definition) is 5. The topological polar surface area (TPSA) is 96.9 Å². The van der Waals surface area contributed by atoms with E-state index >= 15 is 0 Å². The molecule has 0 unspecified atom stereocenters. The van der Waals surface area contributed by atoms with Gasteiger partial charge in [-0.2, -0.15) is 0 Å². The van der Waals surface area contributed by atoms with Crippen LogP contribution >= 0.6 is 0 Å². The Morgan fingerprint density at radius 1 is 0.943 bits per heavy atom. The summed E-state index contributed by atoms with van der Waals surface area (Å²) < 4.78 is 25.2. The number of rotatable bonds is 9. The van der Waals surface area contributed by atoms with Crippen LogP contribution in [0.2, 0.25) is 0 Å². The lowest BCUT2D eigenvalue weighted by molar-refractivity contribution is -0.124. The van der Waals surface area contributed by atoms with Crippen molar-refractivity contribution in [3.05, 3.63) is 101 Å². The first-order valence-electron chi connectivity index (χ1n) is 10.6.